The Labute approximate surface area is 175 Å². The number of benzene rings is 1. The van der Waals surface area contributed by atoms with Gasteiger partial charge in [0.2, 0.25) is 0 Å². The molecule has 2 aliphatic rings. The second kappa shape index (κ2) is 8.30. The second-order valence-electron chi connectivity index (χ2n) is 8.27. The maximum Gasteiger partial charge on any atom is 0.416 e. The maximum atomic E-state index is 13.3. The molecule has 3 rings (SSSR count). The first-order valence-corrected chi connectivity index (χ1v) is 11.3. The molecule has 1 aromatic carbocycles. The minimum Gasteiger partial charge on any atom is -0.374 e. The molecule has 1 aliphatic carbocycles. The number of aliphatic imine (C=N–C) groups is 1. The third kappa shape index (κ3) is 4.70. The first kappa shape index (κ1) is 22.7. The number of rotatable bonds is 6. The van der Waals surface area contributed by atoms with Crippen LogP contribution in [-0.2, 0) is 20.8 Å². The summed E-state index contributed by atoms with van der Waals surface area (Å²) in [6, 6.07) is 3.96. The first-order chi connectivity index (χ1) is 14.0. The fourth-order valence-electron chi connectivity index (χ4n) is 3.77. The van der Waals surface area contributed by atoms with Gasteiger partial charge < -0.3 is 4.74 Å². The average molecular weight is 442 g/mol. The Kier molecular flexibility index (Phi) is 6.30. The van der Waals surface area contributed by atoms with Gasteiger partial charge >= 0.3 is 6.18 Å². The van der Waals surface area contributed by atoms with E-state index in [-0.39, 0.29) is 24.3 Å². The quantitative estimate of drug-likeness (QED) is 0.441. The predicted octanol–water partition coefficient (Wildman–Crippen LogP) is 5.36. The molecule has 164 valence electrons. The fourth-order valence-corrected chi connectivity index (χ4v) is 5.60. The summed E-state index contributed by atoms with van der Waals surface area (Å²) in [4.78, 5) is 3.54. The van der Waals surface area contributed by atoms with E-state index in [2.05, 4.69) is 11.7 Å². The molecule has 1 aromatic rings. The Balaban J connectivity index is 1.88. The van der Waals surface area contributed by atoms with Crippen molar-refractivity contribution in [1.29, 1.82) is 0 Å². The summed E-state index contributed by atoms with van der Waals surface area (Å²) >= 11 is 0. The van der Waals surface area contributed by atoms with E-state index in [1.807, 2.05) is 13.0 Å². The van der Waals surface area contributed by atoms with E-state index in [4.69, 9.17) is 4.74 Å². The first-order valence-electron chi connectivity index (χ1n) is 9.85. The third-order valence-electron chi connectivity index (χ3n) is 5.88. The smallest absolute Gasteiger partial charge is 0.374 e. The molecule has 1 heterocycles. The molecule has 0 radical (unpaired) electrons. The van der Waals surface area contributed by atoms with Crippen molar-refractivity contribution in [3.8, 4) is 0 Å². The van der Waals surface area contributed by atoms with Gasteiger partial charge in [0.15, 0.2) is 9.84 Å². The molecule has 0 aromatic heterocycles. The summed E-state index contributed by atoms with van der Waals surface area (Å²) in [5.74, 6) is 0.439. The lowest BCUT2D eigenvalue weighted by Gasteiger charge is -2.38. The van der Waals surface area contributed by atoms with E-state index in [0.29, 0.717) is 5.92 Å². The minimum atomic E-state index is -4.60. The third-order valence-corrected chi connectivity index (χ3v) is 8.42. The largest absolute Gasteiger partial charge is 0.416 e. The second-order valence-corrected chi connectivity index (χ2v) is 10.7. The van der Waals surface area contributed by atoms with Gasteiger partial charge in [0.25, 0.3) is 0 Å². The average Bonchev–Trinajstić information content (AvgIpc) is 3.52. The van der Waals surface area contributed by atoms with Gasteiger partial charge in [0.1, 0.15) is 0 Å². The van der Waals surface area contributed by atoms with E-state index >= 15 is 0 Å². The maximum absolute atomic E-state index is 13.3. The van der Waals surface area contributed by atoms with Crippen LogP contribution in [0.25, 0.3) is 0 Å². The molecule has 1 saturated carbocycles. The van der Waals surface area contributed by atoms with Crippen molar-refractivity contribution in [2.24, 2.45) is 10.9 Å². The molecular formula is C22H26F3NO3S. The van der Waals surface area contributed by atoms with E-state index in [0.717, 1.165) is 42.2 Å². The Hall–Kier alpha value is -1.93. The van der Waals surface area contributed by atoms with Gasteiger partial charge in [0, 0.05) is 12.8 Å². The van der Waals surface area contributed by atoms with Gasteiger partial charge in [0.05, 0.1) is 21.3 Å². The van der Waals surface area contributed by atoms with Crippen LogP contribution in [-0.4, -0.2) is 32.6 Å². The number of ether oxygens (including phenoxy) is 1. The molecule has 30 heavy (non-hydrogen) atoms. The Morgan fingerprint density at radius 1 is 1.33 bits per heavy atom. The van der Waals surface area contributed by atoms with E-state index in [9.17, 15) is 21.6 Å². The highest BCUT2D eigenvalue weighted by molar-refractivity contribution is 7.92. The van der Waals surface area contributed by atoms with E-state index < -0.39 is 32.4 Å². The van der Waals surface area contributed by atoms with Gasteiger partial charge in [-0.15, -0.1) is 0 Å². The van der Waals surface area contributed by atoms with Crippen molar-refractivity contribution in [3.05, 3.63) is 53.3 Å². The van der Waals surface area contributed by atoms with Crippen LogP contribution in [0.1, 0.15) is 45.1 Å². The van der Waals surface area contributed by atoms with Crippen LogP contribution in [0.4, 0.5) is 13.2 Å². The standard InChI is InChI=1S/C22H26F3NO3S/c1-15(11-17(14-26-3)16-7-8-16)20-13-21(2,9-10-29-20)30(27,28)19-6-4-5-18(12-19)22(23,24)25/h4-6,11-12,14,16,20H,3,7-10,13H2,1-2H3/b15-11+,17-14+. The highest BCUT2D eigenvalue weighted by Gasteiger charge is 2.45. The summed E-state index contributed by atoms with van der Waals surface area (Å²) in [6.45, 7) is 7.19. The number of sulfone groups is 1. The molecule has 2 fully saturated rings. The molecule has 0 amide bonds. The molecule has 1 saturated heterocycles. The SMILES string of the molecule is C=N/C=C(\C=C(/C)C1CC(C)(S(=O)(=O)c2cccc(C(F)(F)F)c2)CCO1)C1CC1. The normalized spacial score (nSPS) is 26.5. The van der Waals surface area contributed by atoms with Gasteiger partial charge in [-0.1, -0.05) is 12.1 Å². The Bertz CT molecular complexity index is 978. The van der Waals surface area contributed by atoms with E-state index in [1.165, 1.54) is 6.07 Å². The van der Waals surface area contributed by atoms with Crippen molar-refractivity contribution in [1.82, 2.24) is 0 Å². The summed E-state index contributed by atoms with van der Waals surface area (Å²) in [5, 5.41) is 0. The number of nitrogens with zero attached hydrogens (tertiary/aromatic N) is 1. The zero-order valence-electron chi connectivity index (χ0n) is 17.1. The number of hydrogen-bond donors (Lipinski definition) is 0. The summed E-state index contributed by atoms with van der Waals surface area (Å²) in [5.41, 5.74) is 0.948. The minimum absolute atomic E-state index is 0.174. The van der Waals surface area contributed by atoms with Gasteiger partial charge in [-0.3, -0.25) is 4.99 Å². The molecule has 0 N–H and O–H groups in total. The number of allylic oxidation sites excluding steroid dienone is 2. The highest BCUT2D eigenvalue weighted by atomic mass is 32.2. The van der Waals surface area contributed by atoms with Crippen molar-refractivity contribution >= 4 is 16.6 Å². The lowest BCUT2D eigenvalue weighted by atomic mass is 9.92. The molecule has 2 unspecified atom stereocenters. The fraction of sp³-hybridized carbons (Fsp3) is 0.500. The molecule has 0 bridgehead atoms. The van der Waals surface area contributed by atoms with Crippen LogP contribution in [0.15, 0.2) is 57.6 Å². The van der Waals surface area contributed by atoms with Crippen molar-refractivity contribution in [2.45, 2.75) is 61.5 Å². The van der Waals surface area contributed by atoms with Gasteiger partial charge in [-0.25, -0.2) is 8.42 Å². The molecule has 4 nitrogen and oxygen atoms in total. The highest BCUT2D eigenvalue weighted by Crippen LogP contribution is 2.41. The zero-order valence-corrected chi connectivity index (χ0v) is 17.9. The lowest BCUT2D eigenvalue weighted by molar-refractivity contribution is -0.137. The van der Waals surface area contributed by atoms with Gasteiger partial charge in [-0.05, 0) is 81.5 Å². The summed E-state index contributed by atoms with van der Waals surface area (Å²) in [6.07, 6.45) is 1.20. The van der Waals surface area contributed by atoms with Crippen LogP contribution < -0.4 is 0 Å². The van der Waals surface area contributed by atoms with Crippen LogP contribution in [0, 0.1) is 5.92 Å². The summed E-state index contributed by atoms with van der Waals surface area (Å²) < 4.78 is 70.5. The Morgan fingerprint density at radius 2 is 2.03 bits per heavy atom. The number of alkyl halides is 3. The molecule has 0 spiro atoms. The monoisotopic (exact) mass is 441 g/mol. The molecule has 1 aliphatic heterocycles. The molecule has 8 heteroatoms. The van der Waals surface area contributed by atoms with Crippen LogP contribution in [0.3, 0.4) is 0 Å². The van der Waals surface area contributed by atoms with Gasteiger partial charge in [-0.2, -0.15) is 13.2 Å². The molecular weight excluding hydrogens is 415 g/mol. The van der Waals surface area contributed by atoms with E-state index in [1.54, 1.807) is 13.1 Å². The molecule has 2 atom stereocenters. The topological polar surface area (TPSA) is 55.7 Å². The van der Waals surface area contributed by atoms with Crippen LogP contribution in [0.2, 0.25) is 0 Å². The van der Waals surface area contributed by atoms with Crippen LogP contribution in [0.5, 0.6) is 0 Å². The Morgan fingerprint density at radius 3 is 2.63 bits per heavy atom. The lowest BCUT2D eigenvalue weighted by Crippen LogP contribution is -2.45. The summed E-state index contributed by atoms with van der Waals surface area (Å²) in [7, 11) is -4.00. The van der Waals surface area contributed by atoms with Crippen molar-refractivity contribution < 1.29 is 26.3 Å². The van der Waals surface area contributed by atoms with Crippen molar-refractivity contribution in [3.63, 3.8) is 0 Å². The number of hydrogen-bond acceptors (Lipinski definition) is 4. The number of halogens is 3. The zero-order chi connectivity index (χ0) is 22.2. The van der Waals surface area contributed by atoms with Crippen LogP contribution >= 0.6 is 0 Å². The predicted molar refractivity (Wildman–Crippen MR) is 110 cm³/mol. The van der Waals surface area contributed by atoms with Crippen molar-refractivity contribution in [2.75, 3.05) is 6.61 Å².